The first kappa shape index (κ1) is 15.6. The third-order valence-electron chi connectivity index (χ3n) is 3.02. The van der Waals surface area contributed by atoms with Gasteiger partial charge in [-0.05, 0) is 32.0 Å². The Labute approximate surface area is 126 Å². The van der Waals surface area contributed by atoms with Crippen LogP contribution in [0.25, 0.3) is 0 Å². The van der Waals surface area contributed by atoms with Crippen molar-refractivity contribution in [1.29, 1.82) is 0 Å². The molecule has 0 radical (unpaired) electrons. The molecule has 0 aliphatic heterocycles. The molecule has 0 atom stereocenters. The second-order valence-electron chi connectivity index (χ2n) is 4.47. The van der Waals surface area contributed by atoms with E-state index in [0.29, 0.717) is 5.82 Å². The highest BCUT2D eigenvalue weighted by atomic mass is 79.9. The molecule has 0 fully saturated rings. The summed E-state index contributed by atoms with van der Waals surface area (Å²) in [4.78, 5) is 12.0. The SMILES string of the molecule is Cc1[nH]nc(NC(=O)c2ccc(Br)c(C(F)(F)F)c2)c1C. The molecule has 0 aliphatic rings. The Bertz CT molecular complexity index is 694. The highest BCUT2D eigenvalue weighted by Crippen LogP contribution is 2.35. The molecular weight excluding hydrogens is 351 g/mol. The predicted molar refractivity (Wildman–Crippen MR) is 75.2 cm³/mol. The van der Waals surface area contributed by atoms with E-state index >= 15 is 0 Å². The minimum absolute atomic E-state index is 0.0921. The van der Waals surface area contributed by atoms with Gasteiger partial charge < -0.3 is 5.32 Å². The Morgan fingerprint density at radius 3 is 2.52 bits per heavy atom. The molecule has 21 heavy (non-hydrogen) atoms. The van der Waals surface area contributed by atoms with Gasteiger partial charge in [0.05, 0.1) is 5.56 Å². The Morgan fingerprint density at radius 2 is 2.00 bits per heavy atom. The molecule has 1 aromatic carbocycles. The maximum Gasteiger partial charge on any atom is 0.417 e. The molecule has 2 aromatic rings. The number of aromatic nitrogens is 2. The number of rotatable bonds is 2. The van der Waals surface area contributed by atoms with Crippen molar-refractivity contribution in [1.82, 2.24) is 10.2 Å². The fraction of sp³-hybridized carbons (Fsp3) is 0.231. The molecule has 0 unspecified atom stereocenters. The third kappa shape index (κ3) is 3.26. The summed E-state index contributed by atoms with van der Waals surface area (Å²) in [5.41, 5.74) is 0.518. The van der Waals surface area contributed by atoms with Crippen LogP contribution < -0.4 is 5.32 Å². The minimum atomic E-state index is -4.53. The highest BCUT2D eigenvalue weighted by Gasteiger charge is 2.33. The summed E-state index contributed by atoms with van der Waals surface area (Å²) >= 11 is 2.83. The zero-order valence-corrected chi connectivity index (χ0v) is 12.7. The zero-order valence-electron chi connectivity index (χ0n) is 11.1. The van der Waals surface area contributed by atoms with Crippen LogP contribution in [-0.4, -0.2) is 16.1 Å². The van der Waals surface area contributed by atoms with Gasteiger partial charge in [0.25, 0.3) is 5.91 Å². The molecule has 2 N–H and O–H groups in total. The maximum atomic E-state index is 12.8. The van der Waals surface area contributed by atoms with Gasteiger partial charge in [-0.3, -0.25) is 9.89 Å². The Morgan fingerprint density at radius 1 is 1.33 bits per heavy atom. The van der Waals surface area contributed by atoms with E-state index in [1.165, 1.54) is 12.1 Å². The first-order valence-corrected chi connectivity index (χ1v) is 6.69. The molecule has 0 spiro atoms. The van der Waals surface area contributed by atoms with E-state index in [9.17, 15) is 18.0 Å². The van der Waals surface area contributed by atoms with Crippen molar-refractivity contribution >= 4 is 27.7 Å². The summed E-state index contributed by atoms with van der Waals surface area (Å²) in [6.45, 7) is 3.52. The van der Waals surface area contributed by atoms with E-state index in [0.717, 1.165) is 17.3 Å². The van der Waals surface area contributed by atoms with Gasteiger partial charge in [0.15, 0.2) is 5.82 Å². The molecular formula is C13H11BrF3N3O. The topological polar surface area (TPSA) is 57.8 Å². The van der Waals surface area contributed by atoms with E-state index in [-0.39, 0.29) is 10.0 Å². The van der Waals surface area contributed by atoms with Crippen molar-refractivity contribution in [2.45, 2.75) is 20.0 Å². The van der Waals surface area contributed by atoms with Gasteiger partial charge in [-0.15, -0.1) is 0 Å². The van der Waals surface area contributed by atoms with E-state index in [2.05, 4.69) is 31.4 Å². The molecule has 1 heterocycles. The van der Waals surface area contributed by atoms with Crippen LogP contribution in [0, 0.1) is 13.8 Å². The van der Waals surface area contributed by atoms with E-state index < -0.39 is 17.6 Å². The summed E-state index contributed by atoms with van der Waals surface area (Å²) in [7, 11) is 0. The Kier molecular flexibility index (Phi) is 4.08. The highest BCUT2D eigenvalue weighted by molar-refractivity contribution is 9.10. The van der Waals surface area contributed by atoms with Crippen LogP contribution in [0.4, 0.5) is 19.0 Å². The van der Waals surface area contributed by atoms with Crippen molar-refractivity contribution < 1.29 is 18.0 Å². The first-order chi connectivity index (χ1) is 9.70. The van der Waals surface area contributed by atoms with Gasteiger partial charge in [-0.1, -0.05) is 15.9 Å². The van der Waals surface area contributed by atoms with Crippen LogP contribution in [0.5, 0.6) is 0 Å². The number of hydrogen-bond donors (Lipinski definition) is 2. The van der Waals surface area contributed by atoms with Gasteiger partial charge in [0.1, 0.15) is 0 Å². The average molecular weight is 362 g/mol. The van der Waals surface area contributed by atoms with Gasteiger partial charge in [-0.25, -0.2) is 0 Å². The molecule has 0 saturated heterocycles. The number of hydrogen-bond acceptors (Lipinski definition) is 2. The molecule has 0 bridgehead atoms. The number of nitrogens with zero attached hydrogens (tertiary/aromatic N) is 1. The summed E-state index contributed by atoms with van der Waals surface area (Å²) in [6.07, 6.45) is -4.53. The Hall–Kier alpha value is -1.83. The van der Waals surface area contributed by atoms with Crippen molar-refractivity contribution in [3.05, 3.63) is 45.1 Å². The normalized spacial score (nSPS) is 11.5. The lowest BCUT2D eigenvalue weighted by Crippen LogP contribution is -2.15. The number of carbonyl (C=O) groups excluding carboxylic acids is 1. The Balaban J connectivity index is 2.30. The third-order valence-corrected chi connectivity index (χ3v) is 3.71. The van der Waals surface area contributed by atoms with Gasteiger partial charge in [0.2, 0.25) is 0 Å². The molecule has 112 valence electrons. The predicted octanol–water partition coefficient (Wildman–Crippen LogP) is 4.06. The second-order valence-corrected chi connectivity index (χ2v) is 5.32. The van der Waals surface area contributed by atoms with Crippen molar-refractivity contribution in [3.8, 4) is 0 Å². The number of H-pyrrole nitrogens is 1. The fourth-order valence-corrected chi connectivity index (χ4v) is 2.14. The quantitative estimate of drug-likeness (QED) is 0.847. The minimum Gasteiger partial charge on any atom is -0.305 e. The van der Waals surface area contributed by atoms with E-state index in [1.54, 1.807) is 13.8 Å². The van der Waals surface area contributed by atoms with Crippen molar-refractivity contribution in [2.24, 2.45) is 0 Å². The smallest absolute Gasteiger partial charge is 0.305 e. The average Bonchev–Trinajstić information content (AvgIpc) is 2.70. The van der Waals surface area contributed by atoms with Gasteiger partial charge in [0, 0.05) is 21.3 Å². The standard InChI is InChI=1S/C13H11BrF3N3O/c1-6-7(2)19-20-11(6)18-12(21)8-3-4-10(14)9(5-8)13(15,16)17/h3-5H,1-2H3,(H2,18,19,20,21). The molecule has 0 saturated carbocycles. The van der Waals surface area contributed by atoms with Crippen LogP contribution >= 0.6 is 15.9 Å². The van der Waals surface area contributed by atoms with Crippen LogP contribution in [0.3, 0.4) is 0 Å². The number of aromatic amines is 1. The van der Waals surface area contributed by atoms with E-state index in [4.69, 9.17) is 0 Å². The summed E-state index contributed by atoms with van der Waals surface area (Å²) < 4.78 is 38.3. The zero-order chi connectivity index (χ0) is 15.8. The monoisotopic (exact) mass is 361 g/mol. The molecule has 4 nitrogen and oxygen atoms in total. The van der Waals surface area contributed by atoms with Crippen molar-refractivity contribution in [2.75, 3.05) is 5.32 Å². The first-order valence-electron chi connectivity index (χ1n) is 5.90. The van der Waals surface area contributed by atoms with Crippen LogP contribution in [-0.2, 0) is 6.18 Å². The number of carbonyl (C=O) groups is 1. The fourth-order valence-electron chi connectivity index (χ4n) is 1.67. The molecule has 0 aliphatic carbocycles. The van der Waals surface area contributed by atoms with Crippen LogP contribution in [0.1, 0.15) is 27.2 Å². The maximum absolute atomic E-state index is 12.8. The lowest BCUT2D eigenvalue weighted by atomic mass is 10.1. The molecule has 8 heteroatoms. The number of anilines is 1. The van der Waals surface area contributed by atoms with E-state index in [1.807, 2.05) is 0 Å². The second kappa shape index (κ2) is 5.51. The lowest BCUT2D eigenvalue weighted by Gasteiger charge is -2.11. The molecule has 1 aromatic heterocycles. The van der Waals surface area contributed by atoms with Crippen LogP contribution in [0.2, 0.25) is 0 Å². The van der Waals surface area contributed by atoms with Gasteiger partial charge in [-0.2, -0.15) is 18.3 Å². The summed E-state index contributed by atoms with van der Waals surface area (Å²) in [6, 6.07) is 3.30. The number of aryl methyl sites for hydroxylation is 1. The molecule has 2 rings (SSSR count). The number of alkyl halides is 3. The number of benzene rings is 1. The van der Waals surface area contributed by atoms with Crippen LogP contribution in [0.15, 0.2) is 22.7 Å². The number of halogens is 4. The van der Waals surface area contributed by atoms with Crippen molar-refractivity contribution in [3.63, 3.8) is 0 Å². The summed E-state index contributed by atoms with van der Waals surface area (Å²) in [5.74, 6) is -0.350. The largest absolute Gasteiger partial charge is 0.417 e. The lowest BCUT2D eigenvalue weighted by molar-refractivity contribution is -0.138. The molecule has 1 amide bonds. The number of nitrogens with one attached hydrogen (secondary N) is 2. The summed E-state index contributed by atoms with van der Waals surface area (Å²) in [5, 5.41) is 9.05. The number of amides is 1. The van der Waals surface area contributed by atoms with Gasteiger partial charge >= 0.3 is 6.18 Å².